The molecule has 0 saturated heterocycles. The van der Waals surface area contributed by atoms with E-state index in [0.29, 0.717) is 34.9 Å². The zero-order chi connectivity index (χ0) is 28.5. The number of rotatable bonds is 6. The largest absolute Gasteiger partial charge is 0.468 e. The number of nitrogens with zero attached hydrogens (tertiary/aromatic N) is 4. The van der Waals surface area contributed by atoms with E-state index in [1.54, 1.807) is 24.3 Å². The highest BCUT2D eigenvalue weighted by Gasteiger charge is 2.33. The molecule has 4 rings (SSSR count). The van der Waals surface area contributed by atoms with Crippen LogP contribution in [0, 0.1) is 0 Å². The van der Waals surface area contributed by atoms with Crippen molar-refractivity contribution in [2.45, 2.75) is 18.3 Å². The number of carbonyl (C=O) groups excluding carboxylic acids is 1. The fourth-order valence-electron chi connectivity index (χ4n) is 3.64. The van der Waals surface area contributed by atoms with Gasteiger partial charge in [-0.25, -0.2) is 9.97 Å². The molecular weight excluding hydrogens is 575 g/mol. The highest BCUT2D eigenvalue weighted by molar-refractivity contribution is 6.33. The summed E-state index contributed by atoms with van der Waals surface area (Å²) in [7, 11) is 1.14. The third kappa shape index (κ3) is 5.93. The summed E-state index contributed by atoms with van der Waals surface area (Å²) in [5, 5.41) is 3.76. The van der Waals surface area contributed by atoms with Gasteiger partial charge in [0.05, 0.1) is 33.8 Å². The van der Waals surface area contributed by atoms with Crippen molar-refractivity contribution in [2.75, 3.05) is 12.5 Å². The molecule has 0 spiro atoms. The minimum atomic E-state index is -4.65. The van der Waals surface area contributed by atoms with Gasteiger partial charge in [-0.05, 0) is 23.8 Å². The van der Waals surface area contributed by atoms with E-state index in [2.05, 4.69) is 20.5 Å². The Balaban J connectivity index is 1.73. The summed E-state index contributed by atoms with van der Waals surface area (Å²) in [5.74, 6) is -2.16. The molecule has 0 saturated carbocycles. The van der Waals surface area contributed by atoms with Gasteiger partial charge in [0.15, 0.2) is 11.6 Å². The lowest BCUT2D eigenvalue weighted by atomic mass is 10.00. The van der Waals surface area contributed by atoms with Gasteiger partial charge in [0.2, 0.25) is 0 Å². The number of carbonyl (C=O) groups is 1. The molecule has 0 fully saturated rings. The Morgan fingerprint density at radius 2 is 1.64 bits per heavy atom. The van der Waals surface area contributed by atoms with Gasteiger partial charge >= 0.3 is 18.3 Å². The normalized spacial score (nSPS) is 13.2. The Kier molecular flexibility index (Phi) is 7.75. The Hall–Kier alpha value is -3.84. The highest BCUT2D eigenvalue weighted by Crippen LogP contribution is 2.36. The lowest BCUT2D eigenvalue weighted by molar-refractivity contribution is -0.140. The van der Waals surface area contributed by atoms with E-state index in [4.69, 9.17) is 27.9 Å². The Morgan fingerprint density at radius 3 is 2.23 bits per heavy atom. The predicted molar refractivity (Wildman–Crippen MR) is 132 cm³/mol. The minimum Gasteiger partial charge on any atom is -0.468 e. The van der Waals surface area contributed by atoms with Crippen LogP contribution in [-0.2, 0) is 21.9 Å². The molecule has 3 heterocycles. The van der Waals surface area contributed by atoms with E-state index in [0.717, 1.165) is 19.4 Å². The second-order valence-electron chi connectivity index (χ2n) is 7.94. The molecule has 0 aliphatic heterocycles. The van der Waals surface area contributed by atoms with Gasteiger partial charge in [0.1, 0.15) is 5.92 Å². The van der Waals surface area contributed by atoms with E-state index < -0.39 is 35.4 Å². The van der Waals surface area contributed by atoms with Crippen molar-refractivity contribution in [3.8, 4) is 5.82 Å². The van der Waals surface area contributed by atoms with Crippen molar-refractivity contribution in [1.82, 2.24) is 14.5 Å². The molecule has 39 heavy (non-hydrogen) atoms. The van der Waals surface area contributed by atoms with Gasteiger partial charge in [0.25, 0.3) is 0 Å². The van der Waals surface area contributed by atoms with E-state index in [1.807, 2.05) is 0 Å². The average molecular weight is 590 g/mol. The fraction of sp³-hybridized carbons (Fsp3) is 0.167. The number of anilines is 1. The maximum absolute atomic E-state index is 13.1. The van der Waals surface area contributed by atoms with Gasteiger partial charge in [-0.15, -0.1) is 0 Å². The first-order valence-electron chi connectivity index (χ1n) is 10.7. The van der Waals surface area contributed by atoms with Crippen molar-refractivity contribution in [2.24, 2.45) is 5.10 Å². The van der Waals surface area contributed by atoms with Crippen LogP contribution in [-0.4, -0.2) is 33.8 Å². The van der Waals surface area contributed by atoms with Crippen molar-refractivity contribution >= 4 is 52.1 Å². The molecular formula is C24H15Cl2F6N5O2. The van der Waals surface area contributed by atoms with E-state index >= 15 is 0 Å². The average Bonchev–Trinajstić information content (AvgIpc) is 3.25. The molecule has 0 aliphatic rings. The number of fused-ring (bicyclic) bond motifs is 1. The van der Waals surface area contributed by atoms with Crippen molar-refractivity contribution in [3.63, 3.8) is 0 Å². The van der Waals surface area contributed by atoms with Gasteiger partial charge in [-0.1, -0.05) is 41.4 Å². The number of esters is 1. The van der Waals surface area contributed by atoms with E-state index in [9.17, 15) is 31.1 Å². The Labute approximate surface area is 226 Å². The van der Waals surface area contributed by atoms with Crippen molar-refractivity contribution in [3.05, 3.63) is 81.7 Å². The summed E-state index contributed by atoms with van der Waals surface area (Å²) in [6.45, 7) is 0. The van der Waals surface area contributed by atoms with Crippen molar-refractivity contribution < 1.29 is 35.9 Å². The first-order chi connectivity index (χ1) is 18.3. The summed E-state index contributed by atoms with van der Waals surface area (Å²) in [5.41, 5.74) is 1.09. The number of ether oxygens (including phenoxy) is 1. The van der Waals surface area contributed by atoms with E-state index in [1.165, 1.54) is 10.8 Å². The van der Waals surface area contributed by atoms with Crippen LogP contribution in [0.15, 0.2) is 60.1 Å². The topological polar surface area (TPSA) is 81.4 Å². The molecule has 1 N–H and O–H groups in total. The summed E-state index contributed by atoms with van der Waals surface area (Å²) in [4.78, 5) is 20.2. The predicted octanol–water partition coefficient (Wildman–Crippen LogP) is 7.12. The summed E-state index contributed by atoms with van der Waals surface area (Å²) in [6.07, 6.45) is -5.52. The van der Waals surface area contributed by atoms with Gasteiger partial charge in [-0.2, -0.15) is 31.4 Å². The number of hydrazone groups is 1. The monoisotopic (exact) mass is 589 g/mol. The first-order valence-corrected chi connectivity index (χ1v) is 11.5. The molecule has 15 heteroatoms. The van der Waals surface area contributed by atoms with Crippen molar-refractivity contribution in [1.29, 1.82) is 0 Å². The van der Waals surface area contributed by atoms with Crippen LogP contribution in [0.5, 0.6) is 0 Å². The number of hydrogen-bond donors (Lipinski definition) is 1. The zero-order valence-electron chi connectivity index (χ0n) is 19.5. The van der Waals surface area contributed by atoms with Crippen LogP contribution < -0.4 is 5.43 Å². The molecule has 204 valence electrons. The number of aromatic nitrogens is 3. The van der Waals surface area contributed by atoms with Gasteiger partial charge in [-0.3, -0.25) is 14.8 Å². The Bertz CT molecular complexity index is 1570. The molecule has 7 nitrogen and oxygen atoms in total. The van der Waals surface area contributed by atoms with Crippen LogP contribution in [0.25, 0.3) is 16.7 Å². The molecule has 3 aromatic heterocycles. The SMILES string of the molecule is COC(=O)[C@H](/C=N\Nc1ncc(C(F)(F)F)cc1Cl)c1cn(-c2ncc(C(F)(F)F)cc2Cl)c2ccccc12. The van der Waals surface area contributed by atoms with Crippen LogP contribution in [0.1, 0.15) is 22.6 Å². The second-order valence-corrected chi connectivity index (χ2v) is 8.76. The van der Waals surface area contributed by atoms with Crippen LogP contribution in [0.2, 0.25) is 10.0 Å². The molecule has 1 atom stereocenters. The molecule has 0 aliphatic carbocycles. The van der Waals surface area contributed by atoms with Crippen LogP contribution in [0.4, 0.5) is 32.2 Å². The summed E-state index contributed by atoms with van der Waals surface area (Å²) in [6, 6.07) is 8.05. The Morgan fingerprint density at radius 1 is 1.03 bits per heavy atom. The zero-order valence-corrected chi connectivity index (χ0v) is 21.0. The second kappa shape index (κ2) is 10.7. The number of methoxy groups -OCH3 is 1. The lowest BCUT2D eigenvalue weighted by Crippen LogP contribution is -2.16. The maximum atomic E-state index is 13.1. The molecule has 0 amide bonds. The first kappa shape index (κ1) is 28.2. The third-order valence-corrected chi connectivity index (χ3v) is 6.04. The number of alkyl halides is 6. The van der Waals surface area contributed by atoms with Crippen LogP contribution in [0.3, 0.4) is 0 Å². The number of pyridine rings is 2. The van der Waals surface area contributed by atoms with Crippen LogP contribution >= 0.6 is 23.2 Å². The van der Waals surface area contributed by atoms with Gasteiger partial charge in [0, 0.05) is 30.2 Å². The quantitative estimate of drug-likeness (QED) is 0.112. The number of hydrogen-bond acceptors (Lipinski definition) is 6. The highest BCUT2D eigenvalue weighted by atomic mass is 35.5. The fourth-order valence-corrected chi connectivity index (χ4v) is 4.10. The molecule has 0 bridgehead atoms. The summed E-state index contributed by atoms with van der Waals surface area (Å²) < 4.78 is 84.1. The number of para-hydroxylation sites is 1. The minimum absolute atomic E-state index is 0.0217. The molecule has 4 aromatic rings. The third-order valence-electron chi connectivity index (χ3n) is 5.47. The standard InChI is InChI=1S/C24H15Cl2F6N5O2/c1-39-22(38)15(10-35-36-20-17(25)6-12(8-33-20)23(27,28)29)16-11-37(19-5-3-2-4-14(16)19)21-18(26)7-13(9-34-21)24(30,31)32/h2-11,15H,1H3,(H,33,36)/b35-10-/t15-/m1/s1. The lowest BCUT2D eigenvalue weighted by Gasteiger charge is -2.11. The maximum Gasteiger partial charge on any atom is 0.417 e. The molecule has 0 radical (unpaired) electrons. The number of halogens is 8. The number of nitrogens with one attached hydrogen (secondary N) is 1. The molecule has 1 aromatic carbocycles. The molecule has 0 unspecified atom stereocenters. The smallest absolute Gasteiger partial charge is 0.417 e. The van der Waals surface area contributed by atoms with E-state index in [-0.39, 0.29) is 21.7 Å². The van der Waals surface area contributed by atoms with Gasteiger partial charge < -0.3 is 4.74 Å². The summed E-state index contributed by atoms with van der Waals surface area (Å²) >= 11 is 12.0. The number of benzene rings is 1.